The Hall–Kier alpha value is -2.96. The van der Waals surface area contributed by atoms with Gasteiger partial charge in [0.05, 0.1) is 16.7 Å². The summed E-state index contributed by atoms with van der Waals surface area (Å²) < 4.78 is 0. The molecule has 1 aliphatic rings. The van der Waals surface area contributed by atoms with Crippen molar-refractivity contribution < 1.29 is 0 Å². The number of piperazine rings is 1. The van der Waals surface area contributed by atoms with E-state index in [0.717, 1.165) is 60.5 Å². The molecular formula is C19H23N7. The second kappa shape index (κ2) is 6.74. The Morgan fingerprint density at radius 2 is 1.50 bits per heavy atom. The first-order valence-electron chi connectivity index (χ1n) is 8.85. The van der Waals surface area contributed by atoms with Crippen molar-refractivity contribution in [3.63, 3.8) is 0 Å². The van der Waals surface area contributed by atoms with Gasteiger partial charge in [-0.05, 0) is 25.1 Å². The van der Waals surface area contributed by atoms with Crippen molar-refractivity contribution in [3.05, 3.63) is 42.2 Å². The van der Waals surface area contributed by atoms with Crippen LogP contribution in [0.25, 0.3) is 11.0 Å². The smallest absolute Gasteiger partial charge is 0.227 e. The number of fused-ring (bicyclic) bond motifs is 1. The lowest BCUT2D eigenvalue weighted by atomic mass is 10.2. The number of benzene rings is 1. The number of aromatic nitrogens is 4. The van der Waals surface area contributed by atoms with Gasteiger partial charge in [0.15, 0.2) is 5.82 Å². The fourth-order valence-electron chi connectivity index (χ4n) is 3.24. The molecule has 1 fully saturated rings. The summed E-state index contributed by atoms with van der Waals surface area (Å²) in [4.78, 5) is 25.2. The Morgan fingerprint density at radius 1 is 0.846 bits per heavy atom. The van der Waals surface area contributed by atoms with E-state index in [4.69, 9.17) is 9.97 Å². The Bertz CT molecular complexity index is 917. The van der Waals surface area contributed by atoms with Crippen LogP contribution in [0, 0.1) is 6.92 Å². The topological polar surface area (TPSA) is 61.3 Å². The normalized spacial score (nSPS) is 14.7. The van der Waals surface area contributed by atoms with E-state index in [9.17, 15) is 0 Å². The number of rotatable bonds is 3. The lowest BCUT2D eigenvalue weighted by Crippen LogP contribution is -2.47. The molecule has 0 amide bonds. The van der Waals surface area contributed by atoms with Gasteiger partial charge in [-0.3, -0.25) is 0 Å². The molecule has 2 aromatic heterocycles. The summed E-state index contributed by atoms with van der Waals surface area (Å²) in [5.74, 6) is 2.69. The van der Waals surface area contributed by atoms with E-state index < -0.39 is 0 Å². The largest absolute Gasteiger partial charge is 0.363 e. The van der Waals surface area contributed by atoms with E-state index >= 15 is 0 Å². The summed E-state index contributed by atoms with van der Waals surface area (Å²) in [5, 5.41) is 0. The number of anilines is 3. The van der Waals surface area contributed by atoms with Gasteiger partial charge in [-0.25, -0.2) is 15.0 Å². The van der Waals surface area contributed by atoms with Crippen LogP contribution in [0.3, 0.4) is 0 Å². The molecule has 0 saturated carbocycles. The molecule has 3 heterocycles. The summed E-state index contributed by atoms with van der Waals surface area (Å²) in [6.45, 7) is 5.52. The molecule has 0 N–H and O–H groups in total. The first kappa shape index (κ1) is 16.5. The van der Waals surface area contributed by atoms with Crippen LogP contribution in [0.4, 0.5) is 17.6 Å². The highest BCUT2D eigenvalue weighted by molar-refractivity contribution is 5.76. The molecule has 1 aromatic carbocycles. The van der Waals surface area contributed by atoms with Crippen LogP contribution >= 0.6 is 0 Å². The van der Waals surface area contributed by atoms with Crippen molar-refractivity contribution >= 4 is 28.6 Å². The number of nitrogens with zero attached hydrogens (tertiary/aromatic N) is 7. The lowest BCUT2D eigenvalue weighted by molar-refractivity contribution is 0.633. The van der Waals surface area contributed by atoms with Crippen molar-refractivity contribution in [2.45, 2.75) is 6.92 Å². The Kier molecular flexibility index (Phi) is 4.28. The highest BCUT2D eigenvalue weighted by atomic mass is 15.3. The van der Waals surface area contributed by atoms with Gasteiger partial charge in [0.1, 0.15) is 5.82 Å². The lowest BCUT2D eigenvalue weighted by Gasteiger charge is -2.36. The summed E-state index contributed by atoms with van der Waals surface area (Å²) >= 11 is 0. The molecule has 0 spiro atoms. The number of aryl methyl sites for hydroxylation is 1. The first-order valence-corrected chi connectivity index (χ1v) is 8.85. The maximum atomic E-state index is 4.84. The van der Waals surface area contributed by atoms with E-state index in [2.05, 4.69) is 19.8 Å². The van der Waals surface area contributed by atoms with Gasteiger partial charge in [-0.15, -0.1) is 0 Å². The Balaban J connectivity index is 1.52. The van der Waals surface area contributed by atoms with E-state index in [0.29, 0.717) is 0 Å². The molecule has 0 unspecified atom stereocenters. The quantitative estimate of drug-likeness (QED) is 0.718. The number of hydrogen-bond donors (Lipinski definition) is 0. The molecule has 0 radical (unpaired) electrons. The Morgan fingerprint density at radius 3 is 2.19 bits per heavy atom. The zero-order chi connectivity index (χ0) is 18.1. The summed E-state index contributed by atoms with van der Waals surface area (Å²) in [6, 6.07) is 9.95. The average Bonchev–Trinajstić information content (AvgIpc) is 2.68. The molecule has 1 aliphatic heterocycles. The fraction of sp³-hybridized carbons (Fsp3) is 0.368. The zero-order valence-electron chi connectivity index (χ0n) is 15.4. The van der Waals surface area contributed by atoms with Gasteiger partial charge in [0, 0.05) is 46.5 Å². The second-order valence-corrected chi connectivity index (χ2v) is 6.70. The van der Waals surface area contributed by atoms with Crippen molar-refractivity contribution in [1.82, 2.24) is 19.9 Å². The highest BCUT2D eigenvalue weighted by Gasteiger charge is 2.22. The minimum atomic E-state index is 0.789. The standard InChI is InChI=1S/C19H23N7/c1-14-18(22-16-7-5-4-6-15(16)21-14)25-10-12-26(13-11-25)19-20-9-8-17(23-19)24(2)3/h4-9H,10-13H2,1-3H3. The van der Waals surface area contributed by atoms with Crippen LogP contribution < -0.4 is 14.7 Å². The molecule has 4 rings (SSSR count). The molecule has 3 aromatic rings. The SMILES string of the molecule is Cc1nc2ccccc2nc1N1CCN(c2nccc(N(C)C)n2)CC1. The van der Waals surface area contributed by atoms with Crippen LogP contribution in [-0.4, -0.2) is 60.2 Å². The van der Waals surface area contributed by atoms with Crippen molar-refractivity contribution in [2.75, 3.05) is 55.0 Å². The predicted octanol–water partition coefficient (Wildman–Crippen LogP) is 2.12. The predicted molar refractivity (Wildman–Crippen MR) is 105 cm³/mol. The highest BCUT2D eigenvalue weighted by Crippen LogP contribution is 2.22. The van der Waals surface area contributed by atoms with Crippen molar-refractivity contribution in [2.24, 2.45) is 0 Å². The van der Waals surface area contributed by atoms with Gasteiger partial charge in [0.2, 0.25) is 5.95 Å². The molecule has 1 saturated heterocycles. The van der Waals surface area contributed by atoms with Crippen LogP contribution in [-0.2, 0) is 0 Å². The maximum absolute atomic E-state index is 4.84. The second-order valence-electron chi connectivity index (χ2n) is 6.70. The van der Waals surface area contributed by atoms with E-state index in [1.165, 1.54) is 0 Å². The van der Waals surface area contributed by atoms with E-state index in [-0.39, 0.29) is 0 Å². The summed E-state index contributed by atoms with van der Waals surface area (Å²) in [6.07, 6.45) is 1.82. The van der Waals surface area contributed by atoms with Crippen LogP contribution in [0.1, 0.15) is 5.69 Å². The third-order valence-corrected chi connectivity index (χ3v) is 4.67. The van der Waals surface area contributed by atoms with E-state index in [1.807, 2.05) is 62.4 Å². The zero-order valence-corrected chi connectivity index (χ0v) is 15.4. The van der Waals surface area contributed by atoms with Gasteiger partial charge < -0.3 is 14.7 Å². The van der Waals surface area contributed by atoms with Gasteiger partial charge in [-0.1, -0.05) is 12.1 Å². The number of para-hydroxylation sites is 2. The van der Waals surface area contributed by atoms with Crippen LogP contribution in [0.15, 0.2) is 36.5 Å². The van der Waals surface area contributed by atoms with Crippen LogP contribution in [0.5, 0.6) is 0 Å². The van der Waals surface area contributed by atoms with Crippen molar-refractivity contribution in [1.29, 1.82) is 0 Å². The summed E-state index contributed by atoms with van der Waals surface area (Å²) in [5.41, 5.74) is 2.86. The Labute approximate surface area is 153 Å². The molecule has 26 heavy (non-hydrogen) atoms. The third kappa shape index (κ3) is 3.12. The monoisotopic (exact) mass is 349 g/mol. The molecule has 7 nitrogen and oxygen atoms in total. The fourth-order valence-corrected chi connectivity index (χ4v) is 3.24. The van der Waals surface area contributed by atoms with Crippen molar-refractivity contribution in [3.8, 4) is 0 Å². The van der Waals surface area contributed by atoms with Gasteiger partial charge in [-0.2, -0.15) is 4.98 Å². The minimum absolute atomic E-state index is 0.789. The average molecular weight is 349 g/mol. The molecule has 0 atom stereocenters. The minimum Gasteiger partial charge on any atom is -0.363 e. The third-order valence-electron chi connectivity index (χ3n) is 4.67. The molecule has 134 valence electrons. The molecule has 7 heteroatoms. The van der Waals surface area contributed by atoms with Crippen LogP contribution in [0.2, 0.25) is 0 Å². The molecular weight excluding hydrogens is 326 g/mol. The summed E-state index contributed by atoms with van der Waals surface area (Å²) in [7, 11) is 3.98. The maximum Gasteiger partial charge on any atom is 0.227 e. The van der Waals surface area contributed by atoms with Gasteiger partial charge >= 0.3 is 0 Å². The number of hydrogen-bond acceptors (Lipinski definition) is 7. The van der Waals surface area contributed by atoms with Gasteiger partial charge in [0.25, 0.3) is 0 Å². The molecule has 0 aliphatic carbocycles. The molecule has 0 bridgehead atoms. The first-order chi connectivity index (χ1) is 12.6. The van der Waals surface area contributed by atoms with E-state index in [1.54, 1.807) is 0 Å².